The van der Waals surface area contributed by atoms with E-state index in [4.69, 9.17) is 9.47 Å². The predicted molar refractivity (Wildman–Crippen MR) is 118 cm³/mol. The van der Waals surface area contributed by atoms with Gasteiger partial charge in [-0.25, -0.2) is 0 Å². The summed E-state index contributed by atoms with van der Waals surface area (Å²) in [6.07, 6.45) is 1.32. The zero-order valence-electron chi connectivity index (χ0n) is 17.8. The molecule has 0 aliphatic rings. The van der Waals surface area contributed by atoms with Crippen LogP contribution < -0.4 is 4.74 Å². The first-order valence-corrected chi connectivity index (χ1v) is 10.2. The molecule has 1 heterocycles. The maximum Gasteiger partial charge on any atom is 0.310 e. The van der Waals surface area contributed by atoms with Crippen LogP contribution in [0, 0.1) is 0 Å². The molecule has 0 aliphatic heterocycles. The number of methoxy groups -OCH3 is 1. The van der Waals surface area contributed by atoms with Crippen LogP contribution in [0.3, 0.4) is 0 Å². The van der Waals surface area contributed by atoms with Crippen molar-refractivity contribution in [3.05, 3.63) is 65.9 Å². The standard InChI is InChI=1S/C24H30N2O4/c1-17(2)26(14-18-8-5-4-6-9-18)15-20(27)16-30-22-11-7-10-21-24(22)19(13-25-21)12-23(28)29-3/h4-11,13,17,20,25,27H,12,14-16H2,1-3H3/t20-/m0/s1. The van der Waals surface area contributed by atoms with Gasteiger partial charge in [-0.05, 0) is 37.1 Å². The first-order chi connectivity index (χ1) is 14.5. The monoisotopic (exact) mass is 410 g/mol. The fourth-order valence-corrected chi connectivity index (χ4v) is 3.49. The average Bonchev–Trinajstić information content (AvgIpc) is 3.15. The van der Waals surface area contributed by atoms with Crippen LogP contribution >= 0.6 is 0 Å². The van der Waals surface area contributed by atoms with Crippen molar-refractivity contribution in [1.29, 1.82) is 0 Å². The van der Waals surface area contributed by atoms with Crippen molar-refractivity contribution in [2.24, 2.45) is 0 Å². The molecule has 0 fully saturated rings. The molecule has 0 bridgehead atoms. The first kappa shape index (κ1) is 21.9. The normalized spacial score (nSPS) is 12.5. The summed E-state index contributed by atoms with van der Waals surface area (Å²) in [5.74, 6) is 0.338. The molecule has 0 amide bonds. The topological polar surface area (TPSA) is 74.8 Å². The lowest BCUT2D eigenvalue weighted by Gasteiger charge is -2.29. The van der Waals surface area contributed by atoms with Crippen LogP contribution in [0.1, 0.15) is 25.0 Å². The number of carbonyl (C=O) groups excluding carboxylic acids is 1. The van der Waals surface area contributed by atoms with E-state index in [0.717, 1.165) is 23.0 Å². The van der Waals surface area contributed by atoms with Gasteiger partial charge in [0.25, 0.3) is 0 Å². The Balaban J connectivity index is 1.66. The van der Waals surface area contributed by atoms with Gasteiger partial charge < -0.3 is 19.6 Å². The van der Waals surface area contributed by atoms with E-state index in [9.17, 15) is 9.90 Å². The number of fused-ring (bicyclic) bond motifs is 1. The SMILES string of the molecule is COC(=O)Cc1c[nH]c2cccc(OC[C@@H](O)CN(Cc3ccccc3)C(C)C)c12. The smallest absolute Gasteiger partial charge is 0.310 e. The zero-order chi connectivity index (χ0) is 21.5. The number of esters is 1. The summed E-state index contributed by atoms with van der Waals surface area (Å²) in [7, 11) is 1.38. The molecule has 6 heteroatoms. The molecule has 2 aromatic carbocycles. The highest BCUT2D eigenvalue weighted by atomic mass is 16.5. The predicted octanol–water partition coefficient (Wildman–Crippen LogP) is 3.53. The number of rotatable bonds is 10. The largest absolute Gasteiger partial charge is 0.490 e. The number of ether oxygens (including phenoxy) is 2. The van der Waals surface area contributed by atoms with Crippen LogP contribution in [-0.2, 0) is 22.5 Å². The number of nitrogens with one attached hydrogen (secondary N) is 1. The Kier molecular flexibility index (Phi) is 7.49. The van der Waals surface area contributed by atoms with Crippen molar-refractivity contribution in [3.63, 3.8) is 0 Å². The molecule has 0 saturated carbocycles. The molecule has 0 radical (unpaired) electrons. The Hall–Kier alpha value is -2.83. The van der Waals surface area contributed by atoms with Crippen molar-refractivity contribution < 1.29 is 19.4 Å². The molecular formula is C24H30N2O4. The highest BCUT2D eigenvalue weighted by Crippen LogP contribution is 2.29. The van der Waals surface area contributed by atoms with Gasteiger partial charge in [-0.2, -0.15) is 0 Å². The fraction of sp³-hybridized carbons (Fsp3) is 0.375. The maximum absolute atomic E-state index is 11.7. The number of hydrogen-bond acceptors (Lipinski definition) is 5. The third-order valence-corrected chi connectivity index (χ3v) is 5.15. The Bertz CT molecular complexity index is 952. The quantitative estimate of drug-likeness (QED) is 0.500. The maximum atomic E-state index is 11.7. The van der Waals surface area contributed by atoms with Gasteiger partial charge in [0.2, 0.25) is 0 Å². The van der Waals surface area contributed by atoms with E-state index < -0.39 is 6.10 Å². The third-order valence-electron chi connectivity index (χ3n) is 5.15. The van der Waals surface area contributed by atoms with E-state index >= 15 is 0 Å². The highest BCUT2D eigenvalue weighted by molar-refractivity contribution is 5.92. The average molecular weight is 411 g/mol. The number of hydrogen-bond donors (Lipinski definition) is 2. The lowest BCUT2D eigenvalue weighted by molar-refractivity contribution is -0.139. The van der Waals surface area contributed by atoms with Gasteiger partial charge >= 0.3 is 5.97 Å². The van der Waals surface area contributed by atoms with Crippen LogP contribution in [0.25, 0.3) is 10.9 Å². The molecule has 2 N–H and O–H groups in total. The Morgan fingerprint density at radius 3 is 2.60 bits per heavy atom. The molecule has 160 valence electrons. The van der Waals surface area contributed by atoms with Crippen molar-refractivity contribution >= 4 is 16.9 Å². The van der Waals surface area contributed by atoms with Crippen LogP contribution in [0.4, 0.5) is 0 Å². The minimum atomic E-state index is -0.644. The Labute approximate surface area is 177 Å². The lowest BCUT2D eigenvalue weighted by Crippen LogP contribution is -2.39. The second-order valence-corrected chi connectivity index (χ2v) is 7.72. The summed E-state index contributed by atoms with van der Waals surface area (Å²) in [4.78, 5) is 17.1. The van der Waals surface area contributed by atoms with Crippen molar-refractivity contribution in [3.8, 4) is 5.75 Å². The van der Waals surface area contributed by atoms with Gasteiger partial charge in [-0.3, -0.25) is 9.69 Å². The minimum absolute atomic E-state index is 0.164. The van der Waals surface area contributed by atoms with Crippen molar-refractivity contribution in [1.82, 2.24) is 9.88 Å². The van der Waals surface area contributed by atoms with E-state index in [0.29, 0.717) is 18.3 Å². The van der Waals surface area contributed by atoms with Crippen LogP contribution in [0.2, 0.25) is 0 Å². The van der Waals surface area contributed by atoms with E-state index in [-0.39, 0.29) is 19.0 Å². The molecule has 0 unspecified atom stereocenters. The summed E-state index contributed by atoms with van der Waals surface area (Å²) >= 11 is 0. The summed E-state index contributed by atoms with van der Waals surface area (Å²) in [6, 6.07) is 16.2. The molecule has 6 nitrogen and oxygen atoms in total. The molecule has 1 atom stereocenters. The van der Waals surface area contributed by atoms with Gasteiger partial charge in [0.1, 0.15) is 18.5 Å². The molecule has 0 aliphatic carbocycles. The van der Waals surface area contributed by atoms with Gasteiger partial charge in [-0.1, -0.05) is 36.4 Å². The van der Waals surface area contributed by atoms with E-state index in [2.05, 4.69) is 35.9 Å². The number of aliphatic hydroxyl groups excluding tert-OH is 1. The number of carbonyl (C=O) groups is 1. The molecule has 3 aromatic rings. The number of aromatic nitrogens is 1. The Morgan fingerprint density at radius 2 is 1.90 bits per heavy atom. The molecule has 1 aromatic heterocycles. The van der Waals surface area contributed by atoms with Gasteiger partial charge in [0, 0.05) is 36.2 Å². The van der Waals surface area contributed by atoms with E-state index in [1.165, 1.54) is 12.7 Å². The number of nitrogens with zero attached hydrogens (tertiary/aromatic N) is 1. The molecule has 0 spiro atoms. The molecule has 3 rings (SSSR count). The molecule has 30 heavy (non-hydrogen) atoms. The second-order valence-electron chi connectivity index (χ2n) is 7.72. The van der Waals surface area contributed by atoms with Gasteiger partial charge in [0.15, 0.2) is 0 Å². The number of aromatic amines is 1. The summed E-state index contributed by atoms with van der Waals surface area (Å²) in [5, 5.41) is 11.5. The zero-order valence-corrected chi connectivity index (χ0v) is 17.8. The third kappa shape index (κ3) is 5.62. The van der Waals surface area contributed by atoms with Crippen molar-refractivity contribution in [2.75, 3.05) is 20.3 Å². The number of aliphatic hydroxyl groups is 1. The van der Waals surface area contributed by atoms with E-state index in [1.54, 1.807) is 6.20 Å². The fourth-order valence-electron chi connectivity index (χ4n) is 3.49. The summed E-state index contributed by atoms with van der Waals surface area (Å²) in [6.45, 7) is 5.68. The molecule has 0 saturated heterocycles. The number of H-pyrrole nitrogens is 1. The van der Waals surface area contributed by atoms with Crippen LogP contribution in [-0.4, -0.2) is 53.4 Å². The first-order valence-electron chi connectivity index (χ1n) is 10.2. The van der Waals surface area contributed by atoms with Crippen LogP contribution in [0.15, 0.2) is 54.7 Å². The minimum Gasteiger partial charge on any atom is -0.490 e. The molecular weight excluding hydrogens is 380 g/mol. The lowest BCUT2D eigenvalue weighted by atomic mass is 10.1. The van der Waals surface area contributed by atoms with Crippen LogP contribution in [0.5, 0.6) is 5.75 Å². The Morgan fingerprint density at radius 1 is 1.13 bits per heavy atom. The summed E-state index contributed by atoms with van der Waals surface area (Å²) < 4.78 is 10.8. The second kappa shape index (κ2) is 10.3. The van der Waals surface area contributed by atoms with Gasteiger partial charge in [-0.15, -0.1) is 0 Å². The van der Waals surface area contributed by atoms with E-state index in [1.807, 2.05) is 36.4 Å². The van der Waals surface area contributed by atoms with Gasteiger partial charge in [0.05, 0.1) is 13.5 Å². The number of benzene rings is 2. The van der Waals surface area contributed by atoms with Crippen molar-refractivity contribution in [2.45, 2.75) is 39.0 Å². The highest BCUT2D eigenvalue weighted by Gasteiger charge is 2.18. The summed E-state index contributed by atoms with van der Waals surface area (Å²) in [5.41, 5.74) is 2.91.